The first kappa shape index (κ1) is 19.5. The number of rotatable bonds is 8. The average molecular weight is 344 g/mol. The summed E-state index contributed by atoms with van der Waals surface area (Å²) in [6, 6.07) is 10.7. The Bertz CT molecular complexity index is 544. The Hall–Kier alpha value is -1.84. The molecule has 0 N–H and O–H groups in total. The number of hydrogen-bond acceptors (Lipinski definition) is 2. The lowest BCUT2D eigenvalue weighted by Gasteiger charge is -2.35. The number of benzene rings is 1. The maximum atomic E-state index is 12.6. The highest BCUT2D eigenvalue weighted by atomic mass is 16.2. The molecule has 1 atom stereocenters. The van der Waals surface area contributed by atoms with E-state index in [4.69, 9.17) is 0 Å². The Morgan fingerprint density at radius 2 is 1.92 bits per heavy atom. The Balaban J connectivity index is 1.78. The highest BCUT2D eigenvalue weighted by Gasteiger charge is 2.25. The van der Waals surface area contributed by atoms with Crippen LogP contribution in [0, 0.1) is 0 Å². The van der Waals surface area contributed by atoms with Gasteiger partial charge in [0.05, 0.1) is 0 Å². The van der Waals surface area contributed by atoms with E-state index in [1.807, 2.05) is 28.0 Å². The van der Waals surface area contributed by atoms with E-state index in [0.29, 0.717) is 25.6 Å². The highest BCUT2D eigenvalue weighted by Crippen LogP contribution is 2.20. The topological polar surface area (TPSA) is 40.6 Å². The van der Waals surface area contributed by atoms with Crippen LogP contribution >= 0.6 is 0 Å². The number of amides is 2. The minimum absolute atomic E-state index is 0.0616. The van der Waals surface area contributed by atoms with Crippen molar-refractivity contribution in [2.75, 3.05) is 19.6 Å². The lowest BCUT2D eigenvalue weighted by atomic mass is 9.99. The molecule has 1 saturated heterocycles. The van der Waals surface area contributed by atoms with Gasteiger partial charge in [-0.25, -0.2) is 0 Å². The van der Waals surface area contributed by atoms with E-state index in [1.165, 1.54) is 12.0 Å². The van der Waals surface area contributed by atoms with Gasteiger partial charge in [0, 0.05) is 39.0 Å². The van der Waals surface area contributed by atoms with Gasteiger partial charge >= 0.3 is 0 Å². The van der Waals surface area contributed by atoms with Crippen LogP contribution in [0.4, 0.5) is 0 Å². The molecule has 0 aromatic heterocycles. The maximum Gasteiger partial charge on any atom is 0.224 e. The van der Waals surface area contributed by atoms with E-state index in [1.54, 1.807) is 6.92 Å². The molecule has 4 nitrogen and oxygen atoms in total. The Labute approximate surface area is 152 Å². The molecule has 25 heavy (non-hydrogen) atoms. The molecule has 1 aliphatic heterocycles. The van der Waals surface area contributed by atoms with Crippen LogP contribution in [0.2, 0.25) is 0 Å². The largest absolute Gasteiger partial charge is 0.342 e. The molecular weight excluding hydrogens is 312 g/mol. The Morgan fingerprint density at radius 1 is 1.16 bits per heavy atom. The van der Waals surface area contributed by atoms with E-state index in [0.717, 1.165) is 38.6 Å². The van der Waals surface area contributed by atoms with Crippen molar-refractivity contribution in [1.29, 1.82) is 0 Å². The molecule has 0 spiro atoms. The summed E-state index contributed by atoms with van der Waals surface area (Å²) >= 11 is 0. The van der Waals surface area contributed by atoms with Gasteiger partial charge in [-0.1, -0.05) is 37.3 Å². The SMILES string of the molecule is CCC1CCCCN1C(=O)CCN(CCCc1ccccc1)C(C)=O. The zero-order valence-corrected chi connectivity index (χ0v) is 15.7. The molecule has 138 valence electrons. The van der Waals surface area contributed by atoms with E-state index < -0.39 is 0 Å². The van der Waals surface area contributed by atoms with E-state index in [9.17, 15) is 9.59 Å². The summed E-state index contributed by atoms with van der Waals surface area (Å²) in [5.41, 5.74) is 1.29. The second kappa shape index (κ2) is 10.2. The molecule has 2 amide bonds. The fourth-order valence-electron chi connectivity index (χ4n) is 3.67. The van der Waals surface area contributed by atoms with Crippen LogP contribution in [0.3, 0.4) is 0 Å². The zero-order chi connectivity index (χ0) is 18.1. The Morgan fingerprint density at radius 3 is 2.60 bits per heavy atom. The summed E-state index contributed by atoms with van der Waals surface area (Å²) in [6.07, 6.45) is 6.81. The van der Waals surface area contributed by atoms with Crippen molar-refractivity contribution in [2.45, 2.75) is 64.8 Å². The van der Waals surface area contributed by atoms with Crippen LogP contribution in [-0.4, -0.2) is 47.3 Å². The predicted molar refractivity (Wildman–Crippen MR) is 101 cm³/mol. The summed E-state index contributed by atoms with van der Waals surface area (Å²) in [6.45, 7) is 5.89. The van der Waals surface area contributed by atoms with Gasteiger partial charge < -0.3 is 9.80 Å². The number of hydrogen-bond donors (Lipinski definition) is 0. The fraction of sp³-hybridized carbons (Fsp3) is 0.619. The molecule has 1 unspecified atom stereocenters. The van der Waals surface area contributed by atoms with Crippen LogP contribution < -0.4 is 0 Å². The molecule has 0 aliphatic carbocycles. The van der Waals surface area contributed by atoms with Gasteiger partial charge in [-0.3, -0.25) is 9.59 Å². The van der Waals surface area contributed by atoms with Crippen LogP contribution in [-0.2, 0) is 16.0 Å². The quantitative estimate of drug-likeness (QED) is 0.722. The fourth-order valence-corrected chi connectivity index (χ4v) is 3.67. The molecule has 1 heterocycles. The predicted octanol–water partition coefficient (Wildman–Crippen LogP) is 3.65. The number of aryl methyl sites for hydroxylation is 1. The smallest absolute Gasteiger partial charge is 0.224 e. The number of likely N-dealkylation sites (tertiary alicyclic amines) is 1. The van der Waals surface area contributed by atoms with Gasteiger partial charge in [-0.2, -0.15) is 0 Å². The first-order valence-corrected chi connectivity index (χ1v) is 9.70. The summed E-state index contributed by atoms with van der Waals surface area (Å²) in [4.78, 5) is 28.3. The third-order valence-corrected chi connectivity index (χ3v) is 5.20. The second-order valence-corrected chi connectivity index (χ2v) is 6.99. The lowest BCUT2D eigenvalue weighted by molar-refractivity contribution is -0.136. The van der Waals surface area contributed by atoms with Crippen molar-refractivity contribution in [3.63, 3.8) is 0 Å². The van der Waals surface area contributed by atoms with Gasteiger partial charge in [0.1, 0.15) is 0 Å². The van der Waals surface area contributed by atoms with Gasteiger partial charge in [0.25, 0.3) is 0 Å². The van der Waals surface area contributed by atoms with Crippen molar-refractivity contribution in [3.8, 4) is 0 Å². The molecule has 2 rings (SSSR count). The molecule has 1 fully saturated rings. The van der Waals surface area contributed by atoms with Gasteiger partial charge in [0.15, 0.2) is 0 Å². The number of nitrogens with zero attached hydrogens (tertiary/aromatic N) is 2. The van der Waals surface area contributed by atoms with Crippen LogP contribution in [0.25, 0.3) is 0 Å². The van der Waals surface area contributed by atoms with E-state index in [-0.39, 0.29) is 11.8 Å². The van der Waals surface area contributed by atoms with Crippen LogP contribution in [0.1, 0.15) is 57.9 Å². The Kier molecular flexibility index (Phi) is 7.96. The highest BCUT2D eigenvalue weighted by molar-refractivity contribution is 5.78. The first-order chi connectivity index (χ1) is 12.1. The van der Waals surface area contributed by atoms with Gasteiger partial charge in [0.2, 0.25) is 11.8 Å². The molecule has 0 bridgehead atoms. The first-order valence-electron chi connectivity index (χ1n) is 9.70. The molecule has 0 radical (unpaired) electrons. The molecule has 1 aliphatic rings. The normalized spacial score (nSPS) is 17.4. The van der Waals surface area contributed by atoms with Crippen molar-refractivity contribution in [3.05, 3.63) is 35.9 Å². The number of carbonyl (C=O) groups is 2. The molecular formula is C21H32N2O2. The third-order valence-electron chi connectivity index (χ3n) is 5.20. The van der Waals surface area contributed by atoms with Gasteiger partial charge in [-0.15, -0.1) is 0 Å². The van der Waals surface area contributed by atoms with Crippen molar-refractivity contribution in [1.82, 2.24) is 9.80 Å². The minimum atomic E-state index is 0.0616. The third kappa shape index (κ3) is 6.18. The van der Waals surface area contributed by atoms with Crippen molar-refractivity contribution < 1.29 is 9.59 Å². The standard InChI is InChI=1S/C21H32N2O2/c1-3-20-13-7-8-16-23(20)21(25)14-17-22(18(2)24)15-9-12-19-10-5-4-6-11-19/h4-6,10-11,20H,3,7-9,12-17H2,1-2H3. The summed E-state index contributed by atoms with van der Waals surface area (Å²) in [5.74, 6) is 0.271. The van der Waals surface area contributed by atoms with Crippen molar-refractivity contribution in [2.24, 2.45) is 0 Å². The maximum absolute atomic E-state index is 12.6. The summed E-state index contributed by atoms with van der Waals surface area (Å²) in [5, 5.41) is 0. The van der Waals surface area contributed by atoms with Gasteiger partial charge in [-0.05, 0) is 44.1 Å². The zero-order valence-electron chi connectivity index (χ0n) is 15.7. The minimum Gasteiger partial charge on any atom is -0.342 e. The molecule has 4 heteroatoms. The monoisotopic (exact) mass is 344 g/mol. The second-order valence-electron chi connectivity index (χ2n) is 6.99. The van der Waals surface area contributed by atoms with E-state index in [2.05, 4.69) is 19.1 Å². The average Bonchev–Trinajstić information content (AvgIpc) is 2.64. The number of piperidine rings is 1. The molecule has 0 saturated carbocycles. The van der Waals surface area contributed by atoms with Crippen LogP contribution in [0.5, 0.6) is 0 Å². The van der Waals surface area contributed by atoms with Crippen LogP contribution in [0.15, 0.2) is 30.3 Å². The summed E-state index contributed by atoms with van der Waals surface area (Å²) < 4.78 is 0. The number of carbonyl (C=O) groups excluding carboxylic acids is 2. The van der Waals surface area contributed by atoms with E-state index >= 15 is 0 Å². The summed E-state index contributed by atoms with van der Waals surface area (Å²) in [7, 11) is 0. The lowest BCUT2D eigenvalue weighted by Crippen LogP contribution is -2.44. The molecule has 1 aromatic carbocycles. The van der Waals surface area contributed by atoms with Crippen molar-refractivity contribution >= 4 is 11.8 Å². The molecule has 1 aromatic rings.